The molecule has 0 heterocycles. The van der Waals surface area contributed by atoms with Crippen LogP contribution in [0, 0.1) is 5.92 Å². The van der Waals surface area contributed by atoms with Crippen molar-refractivity contribution in [2.75, 3.05) is 13.7 Å². The monoisotopic (exact) mass is 421 g/mol. The summed E-state index contributed by atoms with van der Waals surface area (Å²) in [4.78, 5) is 28.9. The molecule has 0 aromatic heterocycles. The van der Waals surface area contributed by atoms with Crippen molar-refractivity contribution in [2.24, 2.45) is 10.9 Å². The van der Waals surface area contributed by atoms with Crippen LogP contribution in [0.4, 0.5) is 8.78 Å². The van der Waals surface area contributed by atoms with E-state index in [2.05, 4.69) is 15.6 Å². The topological polar surface area (TPSA) is 79.8 Å². The van der Waals surface area contributed by atoms with Crippen LogP contribution in [-0.4, -0.2) is 43.3 Å². The molecule has 2 fully saturated rings. The van der Waals surface area contributed by atoms with E-state index >= 15 is 0 Å². The summed E-state index contributed by atoms with van der Waals surface area (Å²) in [5.74, 6) is 0.869. The van der Waals surface area contributed by atoms with Gasteiger partial charge >= 0.3 is 0 Å². The number of alkyl halides is 2. The quantitative estimate of drug-likeness (QED) is 0.472. The molecule has 0 bridgehead atoms. The van der Waals surface area contributed by atoms with Gasteiger partial charge in [0.2, 0.25) is 5.91 Å². The van der Waals surface area contributed by atoms with Crippen molar-refractivity contribution in [1.29, 1.82) is 0 Å². The summed E-state index contributed by atoms with van der Waals surface area (Å²) < 4.78 is 30.6. The van der Waals surface area contributed by atoms with Gasteiger partial charge in [-0.15, -0.1) is 0 Å². The molecule has 6 nitrogen and oxygen atoms in total. The molecule has 0 aliphatic heterocycles. The van der Waals surface area contributed by atoms with Crippen LogP contribution in [-0.2, 0) is 4.79 Å². The second-order valence-corrected chi connectivity index (χ2v) is 8.42. The number of nitrogens with zero attached hydrogens (tertiary/aromatic N) is 1. The average molecular weight is 421 g/mol. The van der Waals surface area contributed by atoms with Crippen LogP contribution in [0.15, 0.2) is 23.2 Å². The number of carbonyl (C=O) groups excluding carboxylic acids is 2. The van der Waals surface area contributed by atoms with Crippen LogP contribution in [0.1, 0.15) is 67.8 Å². The Morgan fingerprint density at radius 3 is 2.50 bits per heavy atom. The van der Waals surface area contributed by atoms with Gasteiger partial charge in [0.15, 0.2) is 0 Å². The third kappa shape index (κ3) is 5.77. The predicted octanol–water partition coefficient (Wildman–Crippen LogP) is 3.66. The van der Waals surface area contributed by atoms with Crippen LogP contribution in [0.25, 0.3) is 0 Å². The minimum absolute atomic E-state index is 0.261. The molecule has 0 radical (unpaired) electrons. The number of benzene rings is 1. The lowest BCUT2D eigenvalue weighted by molar-refractivity contribution is -0.117. The molecule has 2 aliphatic carbocycles. The molecule has 0 saturated heterocycles. The fraction of sp³-hybridized carbons (Fsp3) is 0.591. The van der Waals surface area contributed by atoms with Crippen molar-refractivity contribution in [3.63, 3.8) is 0 Å². The Hall–Kier alpha value is -2.51. The summed E-state index contributed by atoms with van der Waals surface area (Å²) in [7, 11) is 1.57. The number of carbonyl (C=O) groups is 2. The fourth-order valence-electron chi connectivity index (χ4n) is 3.72. The SMILES string of the molecule is CN=C(NC(C)=O)[C@@](C)(CC1CC1)NC(=O)c1ccc(C2CC2)c(OCC(F)F)c1. The van der Waals surface area contributed by atoms with Gasteiger partial charge in [0.1, 0.15) is 18.2 Å². The molecule has 2 aliphatic rings. The van der Waals surface area contributed by atoms with Gasteiger partial charge in [-0.1, -0.05) is 18.9 Å². The van der Waals surface area contributed by atoms with E-state index in [1.54, 1.807) is 19.2 Å². The second-order valence-electron chi connectivity index (χ2n) is 8.42. The molecule has 164 valence electrons. The Bertz CT molecular complexity index is 835. The molecule has 0 spiro atoms. The summed E-state index contributed by atoms with van der Waals surface area (Å²) in [5, 5.41) is 5.73. The van der Waals surface area contributed by atoms with Crippen molar-refractivity contribution >= 4 is 17.6 Å². The first kappa shape index (κ1) is 22.2. The smallest absolute Gasteiger partial charge is 0.272 e. The van der Waals surface area contributed by atoms with Crippen LogP contribution >= 0.6 is 0 Å². The maximum absolute atomic E-state index is 13.1. The first-order valence-electron chi connectivity index (χ1n) is 10.3. The molecule has 2 N–H and O–H groups in total. The molecule has 1 atom stereocenters. The third-order valence-corrected chi connectivity index (χ3v) is 5.48. The van der Waals surface area contributed by atoms with Gasteiger partial charge in [-0.3, -0.25) is 14.6 Å². The van der Waals surface area contributed by atoms with Gasteiger partial charge in [0, 0.05) is 19.5 Å². The maximum atomic E-state index is 13.1. The van der Waals surface area contributed by atoms with Gasteiger partial charge in [-0.25, -0.2) is 8.78 Å². The van der Waals surface area contributed by atoms with Crippen LogP contribution in [0.2, 0.25) is 0 Å². The lowest BCUT2D eigenvalue weighted by atomic mass is 9.92. The zero-order valence-electron chi connectivity index (χ0n) is 17.6. The number of hydrogen-bond donors (Lipinski definition) is 2. The Morgan fingerprint density at radius 2 is 1.97 bits per heavy atom. The van der Waals surface area contributed by atoms with Crippen molar-refractivity contribution in [3.05, 3.63) is 29.3 Å². The predicted molar refractivity (Wildman–Crippen MR) is 110 cm³/mol. The summed E-state index contributed by atoms with van der Waals surface area (Å²) in [5.41, 5.74) is 0.337. The van der Waals surface area contributed by atoms with Gasteiger partial charge in [-0.05, 0) is 55.7 Å². The molecule has 1 aromatic rings. The molecule has 8 heteroatoms. The van der Waals surface area contributed by atoms with Gasteiger partial charge in [0.05, 0.1) is 5.54 Å². The number of halogens is 2. The lowest BCUT2D eigenvalue weighted by Gasteiger charge is -2.32. The molecule has 2 amide bonds. The largest absolute Gasteiger partial charge is 0.487 e. The number of aliphatic imine (C=N–C) groups is 1. The van der Waals surface area contributed by atoms with E-state index in [1.165, 1.54) is 13.0 Å². The van der Waals surface area contributed by atoms with Crippen LogP contribution in [0.3, 0.4) is 0 Å². The zero-order chi connectivity index (χ0) is 21.9. The highest BCUT2D eigenvalue weighted by molar-refractivity contribution is 6.06. The third-order valence-electron chi connectivity index (χ3n) is 5.48. The van der Waals surface area contributed by atoms with Crippen molar-refractivity contribution < 1.29 is 23.1 Å². The minimum atomic E-state index is -2.59. The first-order valence-corrected chi connectivity index (χ1v) is 10.3. The fourth-order valence-corrected chi connectivity index (χ4v) is 3.72. The molecule has 2 saturated carbocycles. The Balaban J connectivity index is 1.82. The lowest BCUT2D eigenvalue weighted by Crippen LogP contribution is -2.58. The number of nitrogens with one attached hydrogen (secondary N) is 2. The zero-order valence-corrected chi connectivity index (χ0v) is 17.6. The number of amides is 2. The van der Waals surface area contributed by atoms with E-state index in [4.69, 9.17) is 4.74 Å². The highest BCUT2D eigenvalue weighted by Crippen LogP contribution is 2.44. The van der Waals surface area contributed by atoms with Crippen LogP contribution in [0.5, 0.6) is 5.75 Å². The molecule has 0 unspecified atom stereocenters. The summed E-state index contributed by atoms with van der Waals surface area (Å²) >= 11 is 0. The average Bonchev–Trinajstić information content (AvgIpc) is 3.58. The maximum Gasteiger partial charge on any atom is 0.272 e. The van der Waals surface area contributed by atoms with E-state index in [0.29, 0.717) is 35.4 Å². The van der Waals surface area contributed by atoms with E-state index < -0.39 is 18.6 Å². The highest BCUT2D eigenvalue weighted by atomic mass is 19.3. The van der Waals surface area contributed by atoms with Crippen molar-refractivity contribution in [2.45, 2.75) is 63.8 Å². The van der Waals surface area contributed by atoms with E-state index in [-0.39, 0.29) is 11.8 Å². The number of ether oxygens (including phenoxy) is 1. The van der Waals surface area contributed by atoms with E-state index in [9.17, 15) is 18.4 Å². The Morgan fingerprint density at radius 1 is 1.27 bits per heavy atom. The molecular formula is C22H29F2N3O3. The van der Waals surface area contributed by atoms with Gasteiger partial charge < -0.3 is 15.4 Å². The van der Waals surface area contributed by atoms with Crippen molar-refractivity contribution in [3.8, 4) is 5.75 Å². The normalized spacial score (nSPS) is 18.7. The standard InChI is InChI=1S/C22H29F2N3O3/c1-13(28)26-21(25-3)22(2,11-14-4-5-14)27-20(29)16-8-9-17(15-6-7-15)18(10-16)30-12-19(23)24/h8-10,14-15,19H,4-7,11-12H2,1-3H3,(H,27,29)(H,25,26,28)/t22-/m1/s1. The number of hydrogen-bond acceptors (Lipinski definition) is 4. The van der Waals surface area contributed by atoms with Crippen molar-refractivity contribution in [1.82, 2.24) is 10.6 Å². The van der Waals surface area contributed by atoms with E-state index in [1.807, 2.05) is 6.92 Å². The summed E-state index contributed by atoms with van der Waals surface area (Å²) in [6.07, 6.45) is 2.19. The molecular weight excluding hydrogens is 392 g/mol. The summed E-state index contributed by atoms with van der Waals surface area (Å²) in [6, 6.07) is 5.01. The highest BCUT2D eigenvalue weighted by Gasteiger charge is 2.39. The van der Waals surface area contributed by atoms with Crippen LogP contribution < -0.4 is 15.4 Å². The van der Waals surface area contributed by atoms with E-state index in [0.717, 1.165) is 31.2 Å². The number of rotatable bonds is 9. The second kappa shape index (κ2) is 9.10. The van der Waals surface area contributed by atoms with Gasteiger partial charge in [-0.2, -0.15) is 0 Å². The number of amidine groups is 1. The van der Waals surface area contributed by atoms with Gasteiger partial charge in [0.25, 0.3) is 12.3 Å². The first-order chi connectivity index (χ1) is 14.2. The molecule has 3 rings (SSSR count). The Kier molecular flexibility index (Phi) is 6.73. The molecule has 1 aromatic carbocycles. The Labute approximate surface area is 175 Å². The summed E-state index contributed by atoms with van der Waals surface area (Å²) in [6.45, 7) is 2.53. The molecule has 30 heavy (non-hydrogen) atoms. The minimum Gasteiger partial charge on any atom is -0.487 e.